The van der Waals surface area contributed by atoms with Crippen LogP contribution < -0.4 is 30.6 Å². The molecule has 0 amide bonds. The van der Waals surface area contributed by atoms with Gasteiger partial charge in [0.05, 0.1) is 19.8 Å². The Kier molecular flexibility index (Phi) is 50.8. The molecule has 0 aromatic heterocycles. The van der Waals surface area contributed by atoms with E-state index in [1.54, 1.807) is 36.4 Å². The van der Waals surface area contributed by atoms with Crippen LogP contribution in [0.3, 0.4) is 0 Å². The summed E-state index contributed by atoms with van der Waals surface area (Å²) >= 11 is 0. The molecule has 0 saturated heterocycles. The van der Waals surface area contributed by atoms with Crippen molar-refractivity contribution in [1.29, 1.82) is 0 Å². The number of hydrogen-bond acceptors (Lipinski definition) is 9. The summed E-state index contributed by atoms with van der Waals surface area (Å²) in [5, 5.41) is 0.906. The second-order valence-corrected chi connectivity index (χ2v) is 28.6. The van der Waals surface area contributed by atoms with Crippen LogP contribution in [0.2, 0.25) is 0 Å². The molecule has 13 heteroatoms. The van der Waals surface area contributed by atoms with Gasteiger partial charge in [0.2, 0.25) is 0 Å². The van der Waals surface area contributed by atoms with Gasteiger partial charge in [-0.25, -0.2) is 0 Å². The molecule has 0 heterocycles. The average Bonchev–Trinajstić information content (AvgIpc) is 3.57. The maximum absolute atomic E-state index is 12.4. The van der Waals surface area contributed by atoms with E-state index in [1.165, 1.54) is 152 Å². The molecule has 1 radical (unpaired) electrons. The molecule has 82 heavy (non-hydrogen) atoms. The summed E-state index contributed by atoms with van der Waals surface area (Å²) in [5.74, 6) is 0.969. The molecule has 0 saturated carbocycles. The van der Waals surface area contributed by atoms with Gasteiger partial charge in [-0.15, -0.1) is 0 Å². The van der Waals surface area contributed by atoms with Crippen LogP contribution in [0.5, 0.6) is 0 Å². The molecule has 6 atom stereocenters. The van der Waals surface area contributed by atoms with Crippen LogP contribution in [-0.4, -0.2) is 19.8 Å². The number of aryl methyl sites for hydroxylation is 3. The number of hydrogen-bond donors (Lipinski definition) is 0. The van der Waals surface area contributed by atoms with Gasteiger partial charge in [0.15, 0.2) is 22.8 Å². The van der Waals surface area contributed by atoms with Crippen molar-refractivity contribution in [3.63, 3.8) is 0 Å². The molecular weight excluding hydrogens is 1120 g/mol. The van der Waals surface area contributed by atoms with Crippen molar-refractivity contribution in [1.82, 2.24) is 0 Å². The van der Waals surface area contributed by atoms with Crippen LogP contribution in [0.25, 0.3) is 0 Å². The van der Waals surface area contributed by atoms with Gasteiger partial charge < -0.3 is 41.9 Å². The molecule has 0 fully saturated rings. The summed E-state index contributed by atoms with van der Waals surface area (Å²) in [5.41, 5.74) is 3.63. The van der Waals surface area contributed by atoms with E-state index < -0.39 is 22.8 Å². The van der Waals surface area contributed by atoms with Crippen LogP contribution in [0.15, 0.2) is 72.8 Å². The van der Waals surface area contributed by atoms with Crippen molar-refractivity contribution in [3.8, 4) is 0 Å². The minimum Gasteiger partial charge on any atom is -0.775 e. The third-order valence-electron chi connectivity index (χ3n) is 16.0. The van der Waals surface area contributed by atoms with Crippen LogP contribution >= 0.6 is 22.8 Å². The van der Waals surface area contributed by atoms with Crippen LogP contribution in [0.1, 0.15) is 291 Å². The summed E-state index contributed by atoms with van der Waals surface area (Å²) in [4.78, 5) is 37.3. The number of unbranched alkanes of at least 4 members (excludes halogenated alkanes) is 21. The first kappa shape index (κ1) is 80.6. The minimum atomic E-state index is -3.96. The molecule has 9 nitrogen and oxygen atoms in total. The maximum atomic E-state index is 12.4. The zero-order valence-electron chi connectivity index (χ0n) is 53.7. The Bertz CT molecular complexity index is 1820. The fourth-order valence-electron chi connectivity index (χ4n) is 9.92. The smallest absolute Gasteiger partial charge is 0.775 e. The van der Waals surface area contributed by atoms with E-state index in [-0.39, 0.29) is 17.4 Å². The Morgan fingerprint density at radius 1 is 0.305 bits per heavy atom. The van der Waals surface area contributed by atoms with Crippen molar-refractivity contribution in [3.05, 3.63) is 89.5 Å². The third-order valence-corrected chi connectivity index (χ3v) is 20.3. The summed E-state index contributed by atoms with van der Waals surface area (Å²) in [6.07, 6.45) is 42.9. The molecule has 0 N–H and O–H groups in total. The van der Waals surface area contributed by atoms with Gasteiger partial charge in [0.25, 0.3) is 0 Å². The second kappa shape index (κ2) is 51.7. The Labute approximate surface area is 515 Å². The quantitative estimate of drug-likeness (QED) is 0.0398. The monoisotopic (exact) mass is 1240 g/mol. The SMILES string of the molecule is CCCCCCCCCc1ccc(P(=O)([O-])OCC(CC)CCCC)cc1.CCCCCCCCCc1ccc(P(=O)([O-])OCC(CC)CCCC)cc1.CCCCCCCCCc1ccc(P(=O)([O-])OCC(CC)CCCC)cc1.[Cr+3]. The van der Waals surface area contributed by atoms with Gasteiger partial charge in [0.1, 0.15) is 0 Å². The Morgan fingerprint density at radius 2 is 0.500 bits per heavy atom. The minimum absolute atomic E-state index is 0. The average molecular weight is 1240 g/mol. The van der Waals surface area contributed by atoms with Crippen molar-refractivity contribution in [2.24, 2.45) is 17.8 Å². The van der Waals surface area contributed by atoms with Gasteiger partial charge in [0, 0.05) is 15.9 Å². The van der Waals surface area contributed by atoms with Gasteiger partial charge in [-0.3, -0.25) is 0 Å². The van der Waals surface area contributed by atoms with E-state index in [0.29, 0.717) is 53.5 Å². The van der Waals surface area contributed by atoms with E-state index >= 15 is 0 Å². The van der Waals surface area contributed by atoms with Crippen molar-refractivity contribution in [2.75, 3.05) is 19.8 Å². The summed E-state index contributed by atoms with van der Waals surface area (Å²) in [6.45, 7) is 20.4. The van der Waals surface area contributed by atoms with Crippen molar-refractivity contribution < 1.29 is 59.3 Å². The van der Waals surface area contributed by atoms with Crippen LogP contribution in [0.4, 0.5) is 0 Å². The molecule has 471 valence electrons. The van der Waals surface area contributed by atoms with E-state index in [4.69, 9.17) is 13.6 Å². The summed E-state index contributed by atoms with van der Waals surface area (Å²) < 4.78 is 53.3. The normalized spacial score (nSPS) is 14.6. The van der Waals surface area contributed by atoms with E-state index in [9.17, 15) is 28.4 Å². The van der Waals surface area contributed by atoms with E-state index in [1.807, 2.05) is 36.4 Å². The predicted octanol–water partition coefficient (Wildman–Crippen LogP) is 19.2. The first-order chi connectivity index (χ1) is 39.1. The molecule has 0 aliphatic rings. The fraction of sp³-hybridized carbons (Fsp3) is 0.739. The summed E-state index contributed by atoms with van der Waals surface area (Å²) in [6, 6.07) is 21.9. The topological polar surface area (TPSA) is 148 Å². The Balaban J connectivity index is 0.00000119. The Hall–Kier alpha value is -1.36. The zero-order valence-corrected chi connectivity index (χ0v) is 57.6. The summed E-state index contributed by atoms with van der Waals surface area (Å²) in [7, 11) is -11.9. The standard InChI is InChI=1S/3C23H41O3P.Cr/c3*1-4-7-9-10-11-12-13-15-22-16-18-23(19-17-22)27(24,25)26-20-21(6-3)14-8-5-2;/h3*16-19,21H,4-15,20H2,1-3H3,(H,24,25);/q;;;+3/p-3. The molecule has 0 aliphatic heterocycles. The zero-order chi connectivity index (χ0) is 59.9. The van der Waals surface area contributed by atoms with Crippen molar-refractivity contribution in [2.45, 2.75) is 293 Å². The second-order valence-electron chi connectivity index (χ2n) is 23.2. The molecule has 3 aromatic rings. The van der Waals surface area contributed by atoms with Gasteiger partial charge in [-0.2, -0.15) is 0 Å². The third kappa shape index (κ3) is 39.4. The van der Waals surface area contributed by atoms with Crippen LogP contribution in [-0.2, 0) is 63.9 Å². The van der Waals surface area contributed by atoms with Crippen LogP contribution in [0, 0.1) is 17.8 Å². The fourth-order valence-corrected chi connectivity index (χ4v) is 13.1. The number of benzene rings is 3. The van der Waals surface area contributed by atoms with Gasteiger partial charge in [-0.05, 0) is 92.2 Å². The molecule has 3 rings (SSSR count). The molecule has 0 spiro atoms. The molecule has 0 aliphatic carbocycles. The van der Waals surface area contributed by atoms with Gasteiger partial charge in [-0.1, -0.05) is 308 Å². The number of rotatable bonds is 48. The van der Waals surface area contributed by atoms with Crippen molar-refractivity contribution >= 4 is 38.7 Å². The van der Waals surface area contributed by atoms with E-state index in [2.05, 4.69) is 62.3 Å². The van der Waals surface area contributed by atoms with Gasteiger partial charge >= 0.3 is 17.4 Å². The largest absolute Gasteiger partial charge is 3.00 e. The molecule has 6 unspecified atom stereocenters. The molecule has 0 bridgehead atoms. The Morgan fingerprint density at radius 3 is 0.695 bits per heavy atom. The first-order valence-electron chi connectivity index (χ1n) is 33.2. The predicted molar refractivity (Wildman–Crippen MR) is 344 cm³/mol. The molecular formula is C69H120CrO9P3. The molecule has 3 aromatic carbocycles. The van der Waals surface area contributed by atoms with E-state index in [0.717, 1.165) is 96.3 Å². The maximum Gasteiger partial charge on any atom is 3.00 e. The first-order valence-corrected chi connectivity index (χ1v) is 37.9.